The molecule has 1 amide bonds. The number of H-pyrrole nitrogens is 1. The summed E-state index contributed by atoms with van der Waals surface area (Å²) < 4.78 is 4.98. The van der Waals surface area contributed by atoms with E-state index in [2.05, 4.69) is 15.5 Å². The van der Waals surface area contributed by atoms with Crippen LogP contribution in [0.2, 0.25) is 0 Å². The number of hydrogen-bond acceptors (Lipinski definition) is 3. The van der Waals surface area contributed by atoms with E-state index >= 15 is 0 Å². The van der Waals surface area contributed by atoms with Crippen molar-refractivity contribution in [2.75, 3.05) is 14.2 Å². The number of hydrogen-bond donors (Lipinski definition) is 2. The molecule has 1 heterocycles. The lowest BCUT2D eigenvalue weighted by Gasteiger charge is -1.99. The molecule has 0 radical (unpaired) electrons. The van der Waals surface area contributed by atoms with E-state index in [1.165, 1.54) is 7.11 Å². The Hall–Kier alpha value is -1.52. The Bertz CT molecular complexity index is 293. The number of rotatable bonds is 2. The molecule has 2 N–H and O–H groups in total. The normalized spacial score (nSPS) is 9.58. The van der Waals surface area contributed by atoms with Gasteiger partial charge in [0.15, 0.2) is 11.4 Å². The highest BCUT2D eigenvalue weighted by Gasteiger charge is 2.15. The van der Waals surface area contributed by atoms with Crippen molar-refractivity contribution < 1.29 is 9.53 Å². The lowest BCUT2D eigenvalue weighted by molar-refractivity contribution is 0.0955. The van der Waals surface area contributed by atoms with Crippen LogP contribution in [0.15, 0.2) is 0 Å². The first-order valence-electron chi connectivity index (χ1n) is 3.51. The van der Waals surface area contributed by atoms with Gasteiger partial charge >= 0.3 is 0 Å². The molecule has 66 valence electrons. The van der Waals surface area contributed by atoms with Crippen LogP contribution in [0.3, 0.4) is 0 Å². The fourth-order valence-corrected chi connectivity index (χ4v) is 0.951. The maximum atomic E-state index is 11.1. The number of aromatic amines is 1. The van der Waals surface area contributed by atoms with Gasteiger partial charge < -0.3 is 10.1 Å². The molecular formula is C7H11N3O2. The molecule has 1 aromatic heterocycles. The van der Waals surface area contributed by atoms with Crippen molar-refractivity contribution in [1.82, 2.24) is 15.5 Å². The number of methoxy groups -OCH3 is 1. The summed E-state index contributed by atoms with van der Waals surface area (Å²) in [5, 5.41) is 8.91. The van der Waals surface area contributed by atoms with E-state index in [0.717, 1.165) is 0 Å². The fraction of sp³-hybridized carbons (Fsp3) is 0.429. The number of ether oxygens (including phenoxy) is 1. The van der Waals surface area contributed by atoms with Crippen molar-refractivity contribution in [2.45, 2.75) is 6.92 Å². The second-order valence-corrected chi connectivity index (χ2v) is 2.30. The zero-order valence-corrected chi connectivity index (χ0v) is 7.26. The van der Waals surface area contributed by atoms with Gasteiger partial charge in [-0.25, -0.2) is 0 Å². The summed E-state index contributed by atoms with van der Waals surface area (Å²) in [6, 6.07) is 0. The Balaban J connectivity index is 3.07. The molecule has 12 heavy (non-hydrogen) atoms. The quantitative estimate of drug-likeness (QED) is 0.659. The van der Waals surface area contributed by atoms with Crippen molar-refractivity contribution >= 4 is 5.91 Å². The third-order valence-corrected chi connectivity index (χ3v) is 1.55. The summed E-state index contributed by atoms with van der Waals surface area (Å²) in [6.07, 6.45) is 0. The van der Waals surface area contributed by atoms with Crippen molar-refractivity contribution in [3.05, 3.63) is 11.4 Å². The van der Waals surface area contributed by atoms with Crippen LogP contribution in [0.4, 0.5) is 0 Å². The van der Waals surface area contributed by atoms with Crippen molar-refractivity contribution in [2.24, 2.45) is 0 Å². The number of amides is 1. The molecule has 0 saturated carbocycles. The lowest BCUT2D eigenvalue weighted by Crippen LogP contribution is -2.18. The lowest BCUT2D eigenvalue weighted by atomic mass is 10.3. The van der Waals surface area contributed by atoms with E-state index in [0.29, 0.717) is 17.1 Å². The van der Waals surface area contributed by atoms with Gasteiger partial charge in [-0.05, 0) is 6.92 Å². The maximum Gasteiger partial charge on any atom is 0.272 e. The van der Waals surface area contributed by atoms with Crippen LogP contribution in [-0.2, 0) is 0 Å². The molecule has 0 spiro atoms. The third kappa shape index (κ3) is 1.25. The second-order valence-electron chi connectivity index (χ2n) is 2.30. The van der Waals surface area contributed by atoms with E-state index in [1.807, 2.05) is 0 Å². The summed E-state index contributed by atoms with van der Waals surface area (Å²) in [6.45, 7) is 1.77. The van der Waals surface area contributed by atoms with Crippen LogP contribution in [0.25, 0.3) is 0 Å². The Labute approximate surface area is 70.1 Å². The number of aromatic nitrogens is 2. The molecule has 0 aliphatic heterocycles. The minimum Gasteiger partial charge on any atom is -0.492 e. The molecule has 0 bridgehead atoms. The molecule has 0 aliphatic rings. The van der Waals surface area contributed by atoms with Crippen LogP contribution in [0.5, 0.6) is 5.75 Å². The molecule has 0 aliphatic carbocycles. The van der Waals surface area contributed by atoms with Crippen LogP contribution in [-0.4, -0.2) is 30.3 Å². The molecule has 5 heteroatoms. The average molecular weight is 169 g/mol. The largest absolute Gasteiger partial charge is 0.492 e. The first kappa shape index (κ1) is 8.58. The maximum absolute atomic E-state index is 11.1. The molecule has 0 aromatic carbocycles. The highest BCUT2D eigenvalue weighted by Crippen LogP contribution is 2.18. The molecule has 0 fully saturated rings. The first-order valence-corrected chi connectivity index (χ1v) is 3.51. The Morgan fingerprint density at radius 1 is 1.67 bits per heavy atom. The number of nitrogens with one attached hydrogen (secondary N) is 2. The molecule has 1 rings (SSSR count). The highest BCUT2D eigenvalue weighted by atomic mass is 16.5. The molecule has 0 atom stereocenters. The van der Waals surface area contributed by atoms with Gasteiger partial charge in [-0.1, -0.05) is 0 Å². The smallest absolute Gasteiger partial charge is 0.272 e. The van der Waals surface area contributed by atoms with E-state index in [1.54, 1.807) is 14.0 Å². The zero-order valence-electron chi connectivity index (χ0n) is 7.26. The number of carbonyl (C=O) groups excluding carboxylic acids is 1. The number of nitrogens with zero attached hydrogens (tertiary/aromatic N) is 1. The molecular weight excluding hydrogens is 158 g/mol. The molecule has 0 unspecified atom stereocenters. The monoisotopic (exact) mass is 169 g/mol. The minimum absolute atomic E-state index is 0.229. The Morgan fingerprint density at radius 2 is 2.33 bits per heavy atom. The van der Waals surface area contributed by atoms with Gasteiger partial charge in [-0.15, -0.1) is 0 Å². The van der Waals surface area contributed by atoms with Crippen molar-refractivity contribution in [3.63, 3.8) is 0 Å². The van der Waals surface area contributed by atoms with Gasteiger partial charge in [-0.2, -0.15) is 5.10 Å². The summed E-state index contributed by atoms with van der Waals surface area (Å²) in [5.41, 5.74) is 1.04. The van der Waals surface area contributed by atoms with Crippen LogP contribution in [0, 0.1) is 6.92 Å². The molecule has 0 saturated heterocycles. The predicted octanol–water partition coefficient (Wildman–Crippen LogP) is 0.0863. The topological polar surface area (TPSA) is 67.0 Å². The Morgan fingerprint density at radius 3 is 2.83 bits per heavy atom. The SMILES string of the molecule is CNC(=O)c1[nH]nc(C)c1OC. The van der Waals surface area contributed by atoms with E-state index in [-0.39, 0.29) is 5.91 Å². The summed E-state index contributed by atoms with van der Waals surface area (Å²) in [5.74, 6) is 0.266. The third-order valence-electron chi connectivity index (χ3n) is 1.55. The fourth-order valence-electron chi connectivity index (χ4n) is 0.951. The average Bonchev–Trinajstić information content (AvgIpc) is 2.45. The van der Waals surface area contributed by atoms with Gasteiger partial charge in [0.25, 0.3) is 5.91 Å². The van der Waals surface area contributed by atoms with E-state index in [4.69, 9.17) is 4.74 Å². The number of aryl methyl sites for hydroxylation is 1. The van der Waals surface area contributed by atoms with Gasteiger partial charge in [-0.3, -0.25) is 9.89 Å². The standard InChI is InChI=1S/C7H11N3O2/c1-4-6(12-3)5(10-9-4)7(11)8-2/h1-3H3,(H,8,11)(H,9,10). The molecule has 5 nitrogen and oxygen atoms in total. The summed E-state index contributed by atoms with van der Waals surface area (Å²) in [4.78, 5) is 11.1. The van der Waals surface area contributed by atoms with Gasteiger partial charge in [0.1, 0.15) is 5.69 Å². The predicted molar refractivity (Wildman–Crippen MR) is 43.3 cm³/mol. The van der Waals surface area contributed by atoms with Crippen molar-refractivity contribution in [3.8, 4) is 5.75 Å². The number of carbonyl (C=O) groups is 1. The molecule has 1 aromatic rings. The van der Waals surface area contributed by atoms with Crippen molar-refractivity contribution in [1.29, 1.82) is 0 Å². The summed E-state index contributed by atoms with van der Waals surface area (Å²) in [7, 11) is 3.06. The van der Waals surface area contributed by atoms with E-state index in [9.17, 15) is 4.79 Å². The minimum atomic E-state index is -0.229. The van der Waals surface area contributed by atoms with Gasteiger partial charge in [0.2, 0.25) is 0 Å². The first-order chi connectivity index (χ1) is 5.70. The second kappa shape index (κ2) is 3.25. The Kier molecular flexibility index (Phi) is 2.32. The van der Waals surface area contributed by atoms with Crippen LogP contribution in [0.1, 0.15) is 16.2 Å². The van der Waals surface area contributed by atoms with E-state index < -0.39 is 0 Å². The zero-order chi connectivity index (χ0) is 9.14. The van der Waals surface area contributed by atoms with Gasteiger partial charge in [0.05, 0.1) is 7.11 Å². The van der Waals surface area contributed by atoms with Crippen LogP contribution >= 0.6 is 0 Å². The highest BCUT2D eigenvalue weighted by molar-refractivity contribution is 5.94. The van der Waals surface area contributed by atoms with Gasteiger partial charge in [0, 0.05) is 7.05 Å². The summed E-state index contributed by atoms with van der Waals surface area (Å²) >= 11 is 0. The van der Waals surface area contributed by atoms with Crippen LogP contribution < -0.4 is 10.1 Å².